The number of hydrogen-bond donors (Lipinski definition) is 1. The number of carbonyl (C=O) groups is 1. The number of rotatable bonds is 6. The molecule has 0 aliphatic carbocycles. The number of amides is 1. The highest BCUT2D eigenvalue weighted by molar-refractivity contribution is 9.10. The lowest BCUT2D eigenvalue weighted by molar-refractivity contribution is 0.0532. The van der Waals surface area contributed by atoms with Gasteiger partial charge in [-0.1, -0.05) is 0 Å². The molecule has 0 unspecified atom stereocenters. The summed E-state index contributed by atoms with van der Waals surface area (Å²) in [5.74, 6) is 0.558. The molecule has 2 rings (SSSR count). The van der Waals surface area contributed by atoms with Crippen LogP contribution in [0.1, 0.15) is 20.8 Å². The lowest BCUT2D eigenvalue weighted by Crippen LogP contribution is -2.34. The van der Waals surface area contributed by atoms with E-state index in [4.69, 9.17) is 9.47 Å². The minimum absolute atomic E-state index is 0.114. The molecule has 0 bridgehead atoms. The summed E-state index contributed by atoms with van der Waals surface area (Å²) in [5.41, 5.74) is -0.410. The first-order chi connectivity index (χ1) is 13.1. The number of aromatic nitrogens is 3. The van der Waals surface area contributed by atoms with Crippen LogP contribution >= 0.6 is 15.9 Å². The highest BCUT2D eigenvalue weighted by Gasteiger charge is 2.17. The fourth-order valence-corrected chi connectivity index (χ4v) is 2.65. The minimum atomic E-state index is -0.674. The van der Waals surface area contributed by atoms with E-state index >= 15 is 0 Å². The predicted molar refractivity (Wildman–Crippen MR) is 106 cm³/mol. The average molecular weight is 457 g/mol. The van der Waals surface area contributed by atoms with E-state index < -0.39 is 17.4 Å². The van der Waals surface area contributed by atoms with Gasteiger partial charge in [0.25, 0.3) is 0 Å². The Morgan fingerprint density at radius 1 is 1.39 bits per heavy atom. The van der Waals surface area contributed by atoms with Crippen LogP contribution in [0.15, 0.2) is 45.7 Å². The number of benzene rings is 1. The van der Waals surface area contributed by atoms with Crippen LogP contribution in [0.25, 0.3) is 5.69 Å². The standard InChI is InChI=1S/C18H22BrFN4O4/c1-18(2,3)28-16(25)21-9-12(8-20)10-24-17(26)23(11-22-24)13-5-6-14(19)15(7-13)27-4/h5-8,11H,9-10H2,1-4H3,(H,21,25)/b12-8+. The van der Waals surface area contributed by atoms with Crippen molar-refractivity contribution in [1.29, 1.82) is 0 Å². The highest BCUT2D eigenvalue weighted by atomic mass is 79.9. The number of halogens is 2. The van der Waals surface area contributed by atoms with Gasteiger partial charge in [-0.2, -0.15) is 5.10 Å². The van der Waals surface area contributed by atoms with E-state index in [1.165, 1.54) is 18.0 Å². The Kier molecular flexibility index (Phi) is 7.00. The van der Waals surface area contributed by atoms with Gasteiger partial charge in [-0.15, -0.1) is 0 Å². The number of ether oxygens (including phenoxy) is 2. The van der Waals surface area contributed by atoms with Gasteiger partial charge >= 0.3 is 11.8 Å². The number of carbonyl (C=O) groups excluding carboxylic acids is 1. The first-order valence-electron chi connectivity index (χ1n) is 8.38. The zero-order valence-electron chi connectivity index (χ0n) is 16.0. The number of nitrogens with one attached hydrogen (secondary N) is 1. The van der Waals surface area contributed by atoms with Crippen molar-refractivity contribution in [3.63, 3.8) is 0 Å². The maximum Gasteiger partial charge on any atom is 0.407 e. The van der Waals surface area contributed by atoms with Crippen LogP contribution in [0.4, 0.5) is 9.18 Å². The maximum absolute atomic E-state index is 13.2. The van der Waals surface area contributed by atoms with Crippen molar-refractivity contribution in [2.24, 2.45) is 0 Å². The lowest BCUT2D eigenvalue weighted by Gasteiger charge is -2.19. The highest BCUT2D eigenvalue weighted by Crippen LogP contribution is 2.26. The van der Waals surface area contributed by atoms with E-state index in [0.29, 0.717) is 17.8 Å². The zero-order valence-corrected chi connectivity index (χ0v) is 17.6. The van der Waals surface area contributed by atoms with Crippen molar-refractivity contribution in [2.45, 2.75) is 32.9 Å². The Labute approximate surface area is 170 Å². The smallest absolute Gasteiger partial charge is 0.407 e. The van der Waals surface area contributed by atoms with Crippen LogP contribution in [0.5, 0.6) is 5.75 Å². The Bertz CT molecular complexity index is 930. The van der Waals surface area contributed by atoms with Gasteiger partial charge in [0.2, 0.25) is 0 Å². The Hall–Kier alpha value is -2.62. The molecule has 0 saturated carbocycles. The van der Waals surface area contributed by atoms with Crippen LogP contribution in [0, 0.1) is 0 Å². The molecule has 10 heteroatoms. The predicted octanol–water partition coefficient (Wildman–Crippen LogP) is 3.18. The van der Waals surface area contributed by atoms with Crippen LogP contribution in [0.2, 0.25) is 0 Å². The van der Waals surface area contributed by atoms with Crippen LogP contribution in [0.3, 0.4) is 0 Å². The SMILES string of the molecule is COc1cc(-n2cnn(C/C(=C/F)CNC(=O)OC(C)(C)C)c2=O)ccc1Br. The molecule has 152 valence electrons. The van der Waals surface area contributed by atoms with E-state index in [1.54, 1.807) is 39.0 Å². The molecule has 1 N–H and O–H groups in total. The number of hydrogen-bond acceptors (Lipinski definition) is 5. The molecule has 1 aromatic heterocycles. The summed E-state index contributed by atoms with van der Waals surface area (Å²) in [6, 6.07) is 5.14. The lowest BCUT2D eigenvalue weighted by atomic mass is 10.2. The van der Waals surface area contributed by atoms with Gasteiger partial charge in [-0.05, 0) is 54.4 Å². The van der Waals surface area contributed by atoms with Crippen LogP contribution in [-0.2, 0) is 11.3 Å². The second kappa shape index (κ2) is 9.05. The van der Waals surface area contributed by atoms with E-state index in [9.17, 15) is 14.0 Å². The third kappa shape index (κ3) is 5.69. The molecule has 0 fully saturated rings. The quantitative estimate of drug-likeness (QED) is 0.720. The zero-order chi connectivity index (χ0) is 20.9. The normalized spacial score (nSPS) is 12.0. The number of methoxy groups -OCH3 is 1. The molecule has 0 aliphatic heterocycles. The molecular formula is C18H22BrFN4O4. The summed E-state index contributed by atoms with van der Waals surface area (Å²) in [4.78, 5) is 24.3. The van der Waals surface area contributed by atoms with Gasteiger partial charge in [-0.3, -0.25) is 0 Å². The van der Waals surface area contributed by atoms with E-state index in [0.717, 1.165) is 9.15 Å². The first kappa shape index (κ1) is 21.7. The van der Waals surface area contributed by atoms with Crippen molar-refractivity contribution in [1.82, 2.24) is 19.7 Å². The molecule has 0 radical (unpaired) electrons. The van der Waals surface area contributed by atoms with Crippen LogP contribution in [-0.4, -0.2) is 39.7 Å². The topological polar surface area (TPSA) is 87.4 Å². The first-order valence-corrected chi connectivity index (χ1v) is 9.17. The summed E-state index contributed by atoms with van der Waals surface area (Å²) in [5, 5.41) is 6.46. The number of alkyl carbamates (subject to hydrolysis) is 1. The minimum Gasteiger partial charge on any atom is -0.495 e. The summed E-state index contributed by atoms with van der Waals surface area (Å²) in [7, 11) is 1.52. The van der Waals surface area contributed by atoms with Crippen LogP contribution < -0.4 is 15.7 Å². The Morgan fingerprint density at radius 2 is 2.11 bits per heavy atom. The fraction of sp³-hybridized carbons (Fsp3) is 0.389. The molecule has 1 heterocycles. The monoisotopic (exact) mass is 456 g/mol. The van der Waals surface area contributed by atoms with Crippen molar-refractivity contribution >= 4 is 22.0 Å². The molecule has 2 aromatic rings. The molecule has 0 aliphatic rings. The number of nitrogens with zero attached hydrogens (tertiary/aromatic N) is 3. The van der Waals surface area contributed by atoms with E-state index in [1.807, 2.05) is 0 Å². The van der Waals surface area contributed by atoms with Gasteiger partial charge in [0.05, 0.1) is 30.1 Å². The molecule has 0 spiro atoms. The van der Waals surface area contributed by atoms with Gasteiger partial charge in [0.15, 0.2) is 0 Å². The third-order valence-electron chi connectivity index (χ3n) is 3.51. The second-order valence-corrected chi connectivity index (χ2v) is 7.74. The summed E-state index contributed by atoms with van der Waals surface area (Å²) >= 11 is 3.35. The fourth-order valence-electron chi connectivity index (χ4n) is 2.24. The maximum atomic E-state index is 13.2. The van der Waals surface area contributed by atoms with Crippen molar-refractivity contribution in [3.8, 4) is 11.4 Å². The Morgan fingerprint density at radius 3 is 2.71 bits per heavy atom. The molecule has 1 amide bonds. The largest absolute Gasteiger partial charge is 0.495 e. The van der Waals surface area contributed by atoms with E-state index in [2.05, 4.69) is 26.3 Å². The molecule has 0 atom stereocenters. The summed E-state index contributed by atoms with van der Waals surface area (Å²) < 4.78 is 26.7. The summed E-state index contributed by atoms with van der Waals surface area (Å²) in [6.45, 7) is 4.94. The van der Waals surface area contributed by atoms with Crippen molar-refractivity contribution in [3.05, 3.63) is 51.4 Å². The average Bonchev–Trinajstić information content (AvgIpc) is 2.98. The van der Waals surface area contributed by atoms with Gasteiger partial charge in [-0.25, -0.2) is 23.2 Å². The third-order valence-corrected chi connectivity index (χ3v) is 4.17. The Balaban J connectivity index is 2.11. The molecule has 1 aromatic carbocycles. The molecule has 28 heavy (non-hydrogen) atoms. The van der Waals surface area contributed by atoms with Gasteiger partial charge in [0.1, 0.15) is 17.7 Å². The van der Waals surface area contributed by atoms with Gasteiger partial charge in [0, 0.05) is 12.6 Å². The molecular weight excluding hydrogens is 435 g/mol. The van der Waals surface area contributed by atoms with Crippen molar-refractivity contribution in [2.75, 3.05) is 13.7 Å². The second-order valence-electron chi connectivity index (χ2n) is 6.88. The van der Waals surface area contributed by atoms with Gasteiger partial charge < -0.3 is 14.8 Å². The molecule has 8 nitrogen and oxygen atoms in total. The van der Waals surface area contributed by atoms with E-state index in [-0.39, 0.29) is 18.7 Å². The summed E-state index contributed by atoms with van der Waals surface area (Å²) in [6.07, 6.45) is 1.000. The van der Waals surface area contributed by atoms with Crippen molar-refractivity contribution < 1.29 is 18.7 Å². The molecule has 0 saturated heterocycles.